The third-order valence-electron chi connectivity index (χ3n) is 2.92. The van der Waals surface area contributed by atoms with Crippen LogP contribution < -0.4 is 5.73 Å². The molecule has 0 radical (unpaired) electrons. The molecule has 0 saturated carbocycles. The molecule has 18 heavy (non-hydrogen) atoms. The molecule has 0 amide bonds. The molecule has 0 saturated heterocycles. The molecule has 1 aromatic carbocycles. The summed E-state index contributed by atoms with van der Waals surface area (Å²) in [6, 6.07) is 10.2. The first-order valence-electron chi connectivity index (χ1n) is 6.04. The number of terminal acetylenes is 1. The van der Waals surface area contributed by atoms with Crippen LogP contribution in [0.15, 0.2) is 42.9 Å². The van der Waals surface area contributed by atoms with Crippen LogP contribution in [-0.2, 0) is 13.0 Å². The lowest BCUT2D eigenvalue weighted by atomic mass is 10.0. The van der Waals surface area contributed by atoms with Crippen molar-refractivity contribution in [3.05, 3.63) is 54.1 Å². The highest BCUT2D eigenvalue weighted by Crippen LogP contribution is 2.16. The summed E-state index contributed by atoms with van der Waals surface area (Å²) in [4.78, 5) is 4.15. The molecule has 2 aromatic rings. The largest absolute Gasteiger partial charge is 0.332 e. The predicted octanol–water partition coefficient (Wildman–Crippen LogP) is 2.15. The van der Waals surface area contributed by atoms with E-state index in [0.29, 0.717) is 6.42 Å². The SMILES string of the molecule is C#CCCn1cncc1[C@H](N)Cc1ccccc1. The molecule has 0 fully saturated rings. The van der Waals surface area contributed by atoms with Crippen LogP contribution in [0.4, 0.5) is 0 Å². The van der Waals surface area contributed by atoms with E-state index in [9.17, 15) is 0 Å². The number of nitrogens with two attached hydrogens (primary N) is 1. The molecule has 1 heterocycles. The van der Waals surface area contributed by atoms with Gasteiger partial charge in [-0.3, -0.25) is 0 Å². The first-order valence-corrected chi connectivity index (χ1v) is 6.04. The van der Waals surface area contributed by atoms with Crippen LogP contribution in [0.2, 0.25) is 0 Å². The Morgan fingerprint density at radius 2 is 2.11 bits per heavy atom. The highest BCUT2D eigenvalue weighted by atomic mass is 15.1. The lowest BCUT2D eigenvalue weighted by Gasteiger charge is -2.14. The second kappa shape index (κ2) is 6.04. The van der Waals surface area contributed by atoms with Gasteiger partial charge >= 0.3 is 0 Å². The highest BCUT2D eigenvalue weighted by Gasteiger charge is 2.11. The van der Waals surface area contributed by atoms with Gasteiger partial charge in [0.05, 0.1) is 18.1 Å². The van der Waals surface area contributed by atoms with Crippen molar-refractivity contribution in [3.63, 3.8) is 0 Å². The van der Waals surface area contributed by atoms with Crippen molar-refractivity contribution >= 4 is 0 Å². The maximum absolute atomic E-state index is 6.23. The lowest BCUT2D eigenvalue weighted by Crippen LogP contribution is -2.17. The molecule has 92 valence electrons. The van der Waals surface area contributed by atoms with Crippen molar-refractivity contribution in [3.8, 4) is 12.3 Å². The monoisotopic (exact) mass is 239 g/mol. The number of aromatic nitrogens is 2. The molecule has 3 nitrogen and oxygen atoms in total. The minimum absolute atomic E-state index is 0.0484. The molecule has 2 N–H and O–H groups in total. The van der Waals surface area contributed by atoms with Gasteiger partial charge < -0.3 is 10.3 Å². The zero-order valence-electron chi connectivity index (χ0n) is 10.3. The summed E-state index contributed by atoms with van der Waals surface area (Å²) in [5.41, 5.74) is 8.50. The number of hydrogen-bond acceptors (Lipinski definition) is 2. The quantitative estimate of drug-likeness (QED) is 0.812. The Kier molecular flexibility index (Phi) is 4.16. The fraction of sp³-hybridized carbons (Fsp3) is 0.267. The molecule has 0 unspecified atom stereocenters. The van der Waals surface area contributed by atoms with Gasteiger partial charge in [-0.2, -0.15) is 0 Å². The van der Waals surface area contributed by atoms with Gasteiger partial charge in [-0.15, -0.1) is 12.3 Å². The van der Waals surface area contributed by atoms with Crippen molar-refractivity contribution in [2.24, 2.45) is 5.73 Å². The van der Waals surface area contributed by atoms with E-state index >= 15 is 0 Å². The van der Waals surface area contributed by atoms with Crippen LogP contribution >= 0.6 is 0 Å². The zero-order chi connectivity index (χ0) is 12.8. The Bertz CT molecular complexity index is 522. The molecular formula is C15H17N3. The van der Waals surface area contributed by atoms with Crippen LogP contribution in [0, 0.1) is 12.3 Å². The first kappa shape index (κ1) is 12.4. The minimum Gasteiger partial charge on any atom is -0.332 e. The van der Waals surface area contributed by atoms with E-state index in [0.717, 1.165) is 18.7 Å². The highest BCUT2D eigenvalue weighted by molar-refractivity contribution is 5.18. The van der Waals surface area contributed by atoms with Gasteiger partial charge in [-0.1, -0.05) is 30.3 Å². The minimum atomic E-state index is -0.0484. The molecule has 0 bridgehead atoms. The summed E-state index contributed by atoms with van der Waals surface area (Å²) in [7, 11) is 0. The molecule has 1 atom stereocenters. The van der Waals surface area contributed by atoms with Gasteiger partial charge in [0.2, 0.25) is 0 Å². The van der Waals surface area contributed by atoms with E-state index in [1.807, 2.05) is 29.0 Å². The number of aryl methyl sites for hydroxylation is 1. The topological polar surface area (TPSA) is 43.8 Å². The van der Waals surface area contributed by atoms with Crippen LogP contribution in [0.3, 0.4) is 0 Å². The maximum atomic E-state index is 6.23. The Balaban J connectivity index is 2.07. The van der Waals surface area contributed by atoms with E-state index in [2.05, 4.69) is 23.0 Å². The second-order valence-electron chi connectivity index (χ2n) is 4.26. The predicted molar refractivity (Wildman–Crippen MR) is 72.8 cm³/mol. The maximum Gasteiger partial charge on any atom is 0.0948 e. The van der Waals surface area contributed by atoms with Gasteiger partial charge in [-0.05, 0) is 12.0 Å². The summed E-state index contributed by atoms with van der Waals surface area (Å²) < 4.78 is 2.04. The van der Waals surface area contributed by atoms with E-state index in [-0.39, 0.29) is 6.04 Å². The Morgan fingerprint density at radius 3 is 2.83 bits per heavy atom. The fourth-order valence-corrected chi connectivity index (χ4v) is 1.98. The van der Waals surface area contributed by atoms with Crippen molar-refractivity contribution in [2.45, 2.75) is 25.4 Å². The molecule has 1 aromatic heterocycles. The smallest absolute Gasteiger partial charge is 0.0948 e. The van der Waals surface area contributed by atoms with Crippen molar-refractivity contribution < 1.29 is 0 Å². The summed E-state index contributed by atoms with van der Waals surface area (Å²) in [6.45, 7) is 0.772. The van der Waals surface area contributed by atoms with Crippen LogP contribution in [0.5, 0.6) is 0 Å². The molecule has 0 aliphatic heterocycles. The lowest BCUT2D eigenvalue weighted by molar-refractivity contribution is 0.606. The van der Waals surface area contributed by atoms with E-state index in [1.54, 1.807) is 6.33 Å². The number of rotatable bonds is 5. The Hall–Kier alpha value is -2.05. The van der Waals surface area contributed by atoms with Crippen LogP contribution in [0.25, 0.3) is 0 Å². The van der Waals surface area contributed by atoms with Gasteiger partial charge in [0.25, 0.3) is 0 Å². The van der Waals surface area contributed by atoms with E-state index in [4.69, 9.17) is 12.2 Å². The molecule has 3 heteroatoms. The van der Waals surface area contributed by atoms with E-state index in [1.165, 1.54) is 5.56 Å². The fourth-order valence-electron chi connectivity index (χ4n) is 1.98. The summed E-state index contributed by atoms with van der Waals surface area (Å²) in [5, 5.41) is 0. The van der Waals surface area contributed by atoms with Gasteiger partial charge in [0, 0.05) is 19.2 Å². The summed E-state index contributed by atoms with van der Waals surface area (Å²) >= 11 is 0. The van der Waals surface area contributed by atoms with Crippen LogP contribution in [-0.4, -0.2) is 9.55 Å². The molecule has 2 rings (SSSR count). The third-order valence-corrected chi connectivity index (χ3v) is 2.92. The number of benzene rings is 1. The summed E-state index contributed by atoms with van der Waals surface area (Å²) in [6.07, 6.45) is 10.4. The van der Waals surface area contributed by atoms with Crippen molar-refractivity contribution in [1.82, 2.24) is 9.55 Å². The molecule has 0 spiro atoms. The molecule has 0 aliphatic carbocycles. The average molecular weight is 239 g/mol. The third kappa shape index (κ3) is 2.99. The number of imidazole rings is 1. The van der Waals surface area contributed by atoms with Crippen molar-refractivity contribution in [1.29, 1.82) is 0 Å². The zero-order valence-corrected chi connectivity index (χ0v) is 10.3. The average Bonchev–Trinajstić information content (AvgIpc) is 2.86. The van der Waals surface area contributed by atoms with E-state index < -0.39 is 0 Å². The number of nitrogens with zero attached hydrogens (tertiary/aromatic N) is 2. The molecular weight excluding hydrogens is 222 g/mol. The van der Waals surface area contributed by atoms with Gasteiger partial charge in [0.1, 0.15) is 0 Å². The number of hydrogen-bond donors (Lipinski definition) is 1. The molecule has 0 aliphatic rings. The van der Waals surface area contributed by atoms with Gasteiger partial charge in [0.15, 0.2) is 0 Å². The Morgan fingerprint density at radius 1 is 1.33 bits per heavy atom. The first-order chi connectivity index (χ1) is 8.81. The van der Waals surface area contributed by atoms with Crippen LogP contribution in [0.1, 0.15) is 23.7 Å². The normalized spacial score (nSPS) is 12.0. The van der Waals surface area contributed by atoms with Crippen molar-refractivity contribution in [2.75, 3.05) is 0 Å². The standard InChI is InChI=1S/C15H17N3/c1-2-3-9-18-12-17-11-15(18)14(16)10-13-7-5-4-6-8-13/h1,4-8,11-12,14H,3,9-10,16H2/t14-/m1/s1. The summed E-state index contributed by atoms with van der Waals surface area (Å²) in [5.74, 6) is 2.63. The second-order valence-corrected chi connectivity index (χ2v) is 4.26. The Labute approximate surface area is 108 Å². The van der Waals surface area contributed by atoms with Gasteiger partial charge in [-0.25, -0.2) is 4.98 Å².